The summed E-state index contributed by atoms with van der Waals surface area (Å²) in [6, 6.07) is 6.65. The van der Waals surface area contributed by atoms with Gasteiger partial charge in [-0.2, -0.15) is 0 Å². The number of aromatic nitrogens is 2. The van der Waals surface area contributed by atoms with Crippen molar-refractivity contribution in [1.82, 2.24) is 14.5 Å². The van der Waals surface area contributed by atoms with Crippen LogP contribution in [0.3, 0.4) is 0 Å². The van der Waals surface area contributed by atoms with E-state index in [-0.39, 0.29) is 0 Å². The van der Waals surface area contributed by atoms with E-state index in [2.05, 4.69) is 29.5 Å². The maximum absolute atomic E-state index is 5.88. The van der Waals surface area contributed by atoms with Crippen molar-refractivity contribution in [3.05, 3.63) is 24.0 Å². The molecule has 0 bridgehead atoms. The number of likely N-dealkylation sites (N-methyl/N-ethyl adjacent to an activating group) is 1. The summed E-state index contributed by atoms with van der Waals surface area (Å²) in [5.74, 6) is 1.21. The molecule has 1 aliphatic heterocycles. The zero-order chi connectivity index (χ0) is 13.4. The van der Waals surface area contributed by atoms with Crippen molar-refractivity contribution in [3.63, 3.8) is 0 Å². The van der Waals surface area contributed by atoms with Crippen molar-refractivity contribution in [1.29, 1.82) is 0 Å². The van der Waals surface area contributed by atoms with E-state index >= 15 is 0 Å². The van der Waals surface area contributed by atoms with E-state index in [4.69, 9.17) is 10.7 Å². The summed E-state index contributed by atoms with van der Waals surface area (Å²) in [5.41, 5.74) is 8.94. The zero-order valence-corrected chi connectivity index (χ0v) is 11.8. The largest absolute Gasteiger partial charge is 0.399 e. The second kappa shape index (κ2) is 4.85. The van der Waals surface area contributed by atoms with Gasteiger partial charge in [0.2, 0.25) is 0 Å². The minimum Gasteiger partial charge on any atom is -0.399 e. The van der Waals surface area contributed by atoms with Crippen LogP contribution in [0, 0.1) is 0 Å². The number of nitrogens with two attached hydrogens (primary N) is 1. The van der Waals surface area contributed by atoms with Crippen LogP contribution in [0.5, 0.6) is 0 Å². The fourth-order valence-electron chi connectivity index (χ4n) is 3.10. The van der Waals surface area contributed by atoms with Gasteiger partial charge in [-0.1, -0.05) is 6.92 Å². The first kappa shape index (κ1) is 12.5. The topological polar surface area (TPSA) is 47.1 Å². The molecular formula is C15H22N4. The van der Waals surface area contributed by atoms with Gasteiger partial charge in [0.05, 0.1) is 11.0 Å². The standard InChI is InChI=1S/C15H22N4/c1-3-4-15-17-13-9-11(16)5-6-14(13)19(15)12-7-8-18(2)10-12/h5-6,9,12H,3-4,7-8,10,16H2,1-2H3. The van der Waals surface area contributed by atoms with Gasteiger partial charge >= 0.3 is 0 Å². The smallest absolute Gasteiger partial charge is 0.110 e. The number of fused-ring (bicyclic) bond motifs is 1. The first-order valence-corrected chi connectivity index (χ1v) is 7.14. The average Bonchev–Trinajstić information content (AvgIpc) is 2.92. The summed E-state index contributed by atoms with van der Waals surface area (Å²) in [6.07, 6.45) is 3.37. The minimum absolute atomic E-state index is 0.556. The van der Waals surface area contributed by atoms with Gasteiger partial charge in [-0.3, -0.25) is 0 Å². The Morgan fingerprint density at radius 1 is 1.42 bits per heavy atom. The third-order valence-corrected chi connectivity index (χ3v) is 3.99. The van der Waals surface area contributed by atoms with E-state index in [1.54, 1.807) is 0 Å². The molecule has 0 radical (unpaired) electrons. The molecular weight excluding hydrogens is 236 g/mol. The van der Waals surface area contributed by atoms with Crippen LogP contribution in [0.2, 0.25) is 0 Å². The number of hydrogen-bond acceptors (Lipinski definition) is 3. The molecule has 2 N–H and O–H groups in total. The van der Waals surface area contributed by atoms with Crippen molar-refractivity contribution < 1.29 is 0 Å². The van der Waals surface area contributed by atoms with Gasteiger partial charge in [-0.15, -0.1) is 0 Å². The van der Waals surface area contributed by atoms with Gasteiger partial charge in [0.15, 0.2) is 0 Å². The molecule has 0 amide bonds. The Balaban J connectivity index is 2.11. The summed E-state index contributed by atoms with van der Waals surface area (Å²) in [5, 5.41) is 0. The lowest BCUT2D eigenvalue weighted by Crippen LogP contribution is -2.17. The number of rotatable bonds is 3. The number of hydrogen-bond donors (Lipinski definition) is 1. The molecule has 2 aromatic rings. The number of nitrogens with zero attached hydrogens (tertiary/aromatic N) is 3. The molecule has 4 heteroatoms. The fourth-order valence-corrected chi connectivity index (χ4v) is 3.10. The molecule has 1 aromatic carbocycles. The second-order valence-electron chi connectivity index (χ2n) is 5.60. The first-order valence-electron chi connectivity index (χ1n) is 7.14. The van der Waals surface area contributed by atoms with Crippen LogP contribution in [0.1, 0.15) is 31.6 Å². The predicted molar refractivity (Wildman–Crippen MR) is 79.3 cm³/mol. The summed E-state index contributed by atoms with van der Waals surface area (Å²) in [6.45, 7) is 4.50. The van der Waals surface area contributed by atoms with Crippen molar-refractivity contribution in [3.8, 4) is 0 Å². The fraction of sp³-hybridized carbons (Fsp3) is 0.533. The molecule has 19 heavy (non-hydrogen) atoms. The van der Waals surface area contributed by atoms with Crippen LogP contribution >= 0.6 is 0 Å². The molecule has 1 aliphatic rings. The zero-order valence-electron chi connectivity index (χ0n) is 11.8. The lowest BCUT2D eigenvalue weighted by Gasteiger charge is -2.16. The molecule has 2 heterocycles. The first-order chi connectivity index (χ1) is 9.19. The molecule has 1 unspecified atom stereocenters. The lowest BCUT2D eigenvalue weighted by molar-refractivity contribution is 0.392. The van der Waals surface area contributed by atoms with Crippen LogP contribution in [0.15, 0.2) is 18.2 Å². The highest BCUT2D eigenvalue weighted by molar-refractivity contribution is 5.79. The molecule has 0 aliphatic carbocycles. The van der Waals surface area contributed by atoms with Crippen molar-refractivity contribution in [2.75, 3.05) is 25.9 Å². The molecule has 1 aromatic heterocycles. The second-order valence-corrected chi connectivity index (χ2v) is 5.60. The van der Waals surface area contributed by atoms with Gasteiger partial charge in [0.25, 0.3) is 0 Å². The number of likely N-dealkylation sites (tertiary alicyclic amines) is 1. The maximum Gasteiger partial charge on any atom is 0.110 e. The number of nitrogen functional groups attached to an aromatic ring is 1. The maximum atomic E-state index is 5.88. The Kier molecular flexibility index (Phi) is 3.19. The van der Waals surface area contributed by atoms with Crippen LogP contribution in [0.4, 0.5) is 5.69 Å². The Labute approximate surface area is 114 Å². The Morgan fingerprint density at radius 2 is 2.26 bits per heavy atom. The molecule has 4 nitrogen and oxygen atoms in total. The van der Waals surface area contributed by atoms with Gasteiger partial charge in [-0.25, -0.2) is 4.98 Å². The van der Waals surface area contributed by atoms with Crippen molar-refractivity contribution in [2.24, 2.45) is 0 Å². The van der Waals surface area contributed by atoms with Crippen LogP contribution in [-0.2, 0) is 6.42 Å². The molecule has 102 valence electrons. The monoisotopic (exact) mass is 258 g/mol. The lowest BCUT2D eigenvalue weighted by atomic mass is 10.2. The van der Waals surface area contributed by atoms with Gasteiger partial charge in [0, 0.05) is 24.7 Å². The van der Waals surface area contributed by atoms with Crippen LogP contribution in [-0.4, -0.2) is 34.6 Å². The predicted octanol–water partition coefficient (Wildman–Crippen LogP) is 2.45. The molecule has 0 saturated carbocycles. The summed E-state index contributed by atoms with van der Waals surface area (Å²) in [7, 11) is 2.19. The minimum atomic E-state index is 0.556. The summed E-state index contributed by atoms with van der Waals surface area (Å²) < 4.78 is 2.45. The highest BCUT2D eigenvalue weighted by atomic mass is 15.2. The van der Waals surface area contributed by atoms with Crippen LogP contribution in [0.25, 0.3) is 11.0 Å². The van der Waals surface area contributed by atoms with E-state index < -0.39 is 0 Å². The van der Waals surface area contributed by atoms with E-state index in [0.717, 1.165) is 30.6 Å². The van der Waals surface area contributed by atoms with E-state index in [9.17, 15) is 0 Å². The van der Waals surface area contributed by atoms with E-state index in [1.807, 2.05) is 12.1 Å². The third-order valence-electron chi connectivity index (χ3n) is 3.99. The van der Waals surface area contributed by atoms with Crippen molar-refractivity contribution >= 4 is 16.7 Å². The van der Waals surface area contributed by atoms with Gasteiger partial charge in [0.1, 0.15) is 5.82 Å². The number of benzene rings is 1. The number of anilines is 1. The number of imidazole rings is 1. The normalized spacial score (nSPS) is 20.4. The molecule has 1 fully saturated rings. The Morgan fingerprint density at radius 3 is 2.95 bits per heavy atom. The average molecular weight is 258 g/mol. The van der Waals surface area contributed by atoms with Gasteiger partial charge < -0.3 is 15.2 Å². The third kappa shape index (κ3) is 2.21. The highest BCUT2D eigenvalue weighted by Crippen LogP contribution is 2.29. The SMILES string of the molecule is CCCc1nc2cc(N)ccc2n1C1CCN(C)C1. The van der Waals surface area contributed by atoms with E-state index in [1.165, 1.54) is 24.3 Å². The quantitative estimate of drug-likeness (QED) is 0.860. The number of aryl methyl sites for hydroxylation is 1. The Hall–Kier alpha value is -1.55. The molecule has 3 rings (SSSR count). The summed E-state index contributed by atoms with van der Waals surface area (Å²) >= 11 is 0. The Bertz CT molecular complexity index is 587. The van der Waals surface area contributed by atoms with E-state index in [0.29, 0.717) is 6.04 Å². The molecule has 0 spiro atoms. The van der Waals surface area contributed by atoms with Crippen LogP contribution < -0.4 is 5.73 Å². The molecule has 1 saturated heterocycles. The molecule has 1 atom stereocenters. The van der Waals surface area contributed by atoms with Gasteiger partial charge in [-0.05, 0) is 44.6 Å². The van der Waals surface area contributed by atoms with Crippen molar-refractivity contribution in [2.45, 2.75) is 32.2 Å². The summed E-state index contributed by atoms with van der Waals surface area (Å²) in [4.78, 5) is 7.19. The highest BCUT2D eigenvalue weighted by Gasteiger charge is 2.25.